The molecule has 0 aliphatic carbocycles. The zero-order valence-electron chi connectivity index (χ0n) is 9.03. The maximum Gasteiger partial charge on any atom is 0.332 e. The highest BCUT2D eigenvalue weighted by atomic mass is 79.9. The van der Waals surface area contributed by atoms with E-state index in [0.717, 1.165) is 23.0 Å². The number of hydrogen-bond acceptors (Lipinski definition) is 2. The molecule has 86 valence electrons. The molecule has 16 heavy (non-hydrogen) atoms. The summed E-state index contributed by atoms with van der Waals surface area (Å²) in [5.74, 6) is 0. The number of nitrogens with two attached hydrogens (primary N) is 1. The van der Waals surface area contributed by atoms with Crippen LogP contribution in [0.5, 0.6) is 0 Å². The summed E-state index contributed by atoms with van der Waals surface area (Å²) in [5.41, 5.74) is 9.18. The maximum atomic E-state index is 10.4. The summed E-state index contributed by atoms with van der Waals surface area (Å²) in [6.45, 7) is 1.85. The van der Waals surface area contributed by atoms with Crippen LogP contribution in [0.2, 0.25) is 0 Å². The molecular weight excluding hydrogens is 270 g/mol. The molecule has 0 heterocycles. The molecule has 3 N–H and O–H groups in total. The van der Waals surface area contributed by atoms with Crippen LogP contribution in [0.25, 0.3) is 0 Å². The van der Waals surface area contributed by atoms with Crippen molar-refractivity contribution in [1.29, 1.82) is 0 Å². The molecule has 0 aliphatic heterocycles. The van der Waals surface area contributed by atoms with Crippen molar-refractivity contribution in [2.45, 2.75) is 19.8 Å². The van der Waals surface area contributed by atoms with E-state index < -0.39 is 6.03 Å². The van der Waals surface area contributed by atoms with Gasteiger partial charge in [0.15, 0.2) is 0 Å². The van der Waals surface area contributed by atoms with Crippen molar-refractivity contribution in [3.63, 3.8) is 0 Å². The van der Waals surface area contributed by atoms with Crippen LogP contribution in [-0.4, -0.2) is 11.7 Å². The molecule has 0 bridgehead atoms. The highest BCUT2D eigenvalue weighted by molar-refractivity contribution is 9.10. The molecule has 0 radical (unpaired) electrons. The molecule has 1 aromatic carbocycles. The molecule has 0 saturated carbocycles. The highest BCUT2D eigenvalue weighted by Gasteiger charge is 2.00. The molecule has 0 atom stereocenters. The fourth-order valence-corrected chi connectivity index (χ4v) is 1.71. The van der Waals surface area contributed by atoms with Gasteiger partial charge in [-0.2, -0.15) is 5.10 Å². The quantitative estimate of drug-likeness (QED) is 0.647. The SMILES string of the molecule is C/C(CCc1ccccc1Br)=N/NC(N)=O. The Labute approximate surface area is 103 Å². The largest absolute Gasteiger partial charge is 0.350 e. The third-order valence-corrected chi connectivity index (χ3v) is 2.84. The molecule has 1 rings (SSSR count). The molecule has 0 aliphatic rings. The Bertz CT molecular complexity index is 404. The first-order valence-corrected chi connectivity index (χ1v) is 5.71. The van der Waals surface area contributed by atoms with Crippen molar-refractivity contribution < 1.29 is 4.79 Å². The molecule has 0 fully saturated rings. The zero-order chi connectivity index (χ0) is 12.0. The predicted molar refractivity (Wildman–Crippen MR) is 68.3 cm³/mol. The second-order valence-electron chi connectivity index (χ2n) is 3.41. The smallest absolute Gasteiger partial charge is 0.332 e. The van der Waals surface area contributed by atoms with Crippen molar-refractivity contribution in [3.8, 4) is 0 Å². The first kappa shape index (κ1) is 12.7. The van der Waals surface area contributed by atoms with Gasteiger partial charge in [-0.1, -0.05) is 34.1 Å². The number of carbonyl (C=O) groups is 1. The predicted octanol–water partition coefficient (Wildman–Crippen LogP) is 2.43. The third-order valence-electron chi connectivity index (χ3n) is 2.07. The third kappa shape index (κ3) is 4.44. The molecular formula is C11H14BrN3O. The number of halogens is 1. The van der Waals surface area contributed by atoms with Gasteiger partial charge in [0.2, 0.25) is 0 Å². The van der Waals surface area contributed by atoms with E-state index in [-0.39, 0.29) is 0 Å². The van der Waals surface area contributed by atoms with Crippen LogP contribution in [0.4, 0.5) is 4.79 Å². The summed E-state index contributed by atoms with van der Waals surface area (Å²) in [6.07, 6.45) is 1.65. The van der Waals surface area contributed by atoms with E-state index in [1.807, 2.05) is 25.1 Å². The topological polar surface area (TPSA) is 67.5 Å². The second kappa shape index (κ2) is 6.27. The normalized spacial score (nSPS) is 11.2. The Morgan fingerprint density at radius 2 is 2.19 bits per heavy atom. The second-order valence-corrected chi connectivity index (χ2v) is 4.27. The number of nitrogens with one attached hydrogen (secondary N) is 1. The first-order valence-electron chi connectivity index (χ1n) is 4.91. The lowest BCUT2D eigenvalue weighted by Gasteiger charge is -2.03. The van der Waals surface area contributed by atoms with Gasteiger partial charge in [0.1, 0.15) is 0 Å². The van der Waals surface area contributed by atoms with Crippen LogP contribution in [0.15, 0.2) is 33.8 Å². The van der Waals surface area contributed by atoms with Crippen LogP contribution >= 0.6 is 15.9 Å². The molecule has 0 saturated heterocycles. The van der Waals surface area contributed by atoms with E-state index in [0.29, 0.717) is 0 Å². The first-order chi connectivity index (χ1) is 7.59. The van der Waals surface area contributed by atoms with E-state index in [4.69, 9.17) is 5.73 Å². The lowest BCUT2D eigenvalue weighted by atomic mass is 10.1. The van der Waals surface area contributed by atoms with E-state index in [1.54, 1.807) is 0 Å². The van der Waals surface area contributed by atoms with E-state index in [2.05, 4.69) is 32.5 Å². The van der Waals surface area contributed by atoms with Gasteiger partial charge >= 0.3 is 6.03 Å². The number of amides is 2. The molecule has 2 amide bonds. The molecule has 1 aromatic rings. The Morgan fingerprint density at radius 1 is 1.50 bits per heavy atom. The number of hydrazone groups is 1. The number of carbonyl (C=O) groups excluding carboxylic acids is 1. The summed E-state index contributed by atoms with van der Waals surface area (Å²) < 4.78 is 1.09. The summed E-state index contributed by atoms with van der Waals surface area (Å²) in [7, 11) is 0. The maximum absolute atomic E-state index is 10.4. The van der Waals surface area contributed by atoms with Gasteiger partial charge in [-0.3, -0.25) is 0 Å². The van der Waals surface area contributed by atoms with Crippen LogP contribution in [0, 0.1) is 0 Å². The number of benzene rings is 1. The lowest BCUT2D eigenvalue weighted by Crippen LogP contribution is -2.25. The highest BCUT2D eigenvalue weighted by Crippen LogP contribution is 2.17. The fraction of sp³-hybridized carbons (Fsp3) is 0.273. The van der Waals surface area contributed by atoms with Crippen LogP contribution in [-0.2, 0) is 6.42 Å². The van der Waals surface area contributed by atoms with Gasteiger partial charge in [-0.15, -0.1) is 0 Å². The van der Waals surface area contributed by atoms with Crippen molar-refractivity contribution in [1.82, 2.24) is 5.43 Å². The Hall–Kier alpha value is -1.36. The molecule has 0 spiro atoms. The van der Waals surface area contributed by atoms with Crippen LogP contribution in [0.1, 0.15) is 18.9 Å². The minimum atomic E-state index is -0.639. The Morgan fingerprint density at radius 3 is 2.81 bits per heavy atom. The minimum Gasteiger partial charge on any atom is -0.350 e. The summed E-state index contributed by atoms with van der Waals surface area (Å²) in [5, 5.41) is 3.85. The summed E-state index contributed by atoms with van der Waals surface area (Å²) in [6, 6.07) is 7.39. The van der Waals surface area contributed by atoms with Crippen molar-refractivity contribution >= 4 is 27.7 Å². The number of aryl methyl sites for hydroxylation is 1. The van der Waals surface area contributed by atoms with E-state index in [1.165, 1.54) is 5.56 Å². The molecule has 5 heteroatoms. The number of rotatable bonds is 4. The average molecular weight is 284 g/mol. The van der Waals surface area contributed by atoms with Crippen molar-refractivity contribution in [2.24, 2.45) is 10.8 Å². The summed E-state index contributed by atoms with van der Waals surface area (Å²) >= 11 is 3.48. The number of primary amides is 1. The fourth-order valence-electron chi connectivity index (χ4n) is 1.22. The van der Waals surface area contributed by atoms with Crippen LogP contribution in [0.3, 0.4) is 0 Å². The lowest BCUT2D eigenvalue weighted by molar-refractivity contribution is 0.249. The zero-order valence-corrected chi connectivity index (χ0v) is 10.6. The molecule has 4 nitrogen and oxygen atoms in total. The Balaban J connectivity index is 2.49. The van der Waals surface area contributed by atoms with Gasteiger partial charge in [-0.25, -0.2) is 10.2 Å². The Kier molecular flexibility index (Phi) is 4.98. The van der Waals surface area contributed by atoms with Gasteiger partial charge in [0.25, 0.3) is 0 Å². The van der Waals surface area contributed by atoms with Crippen molar-refractivity contribution in [3.05, 3.63) is 34.3 Å². The standard InChI is InChI=1S/C11H14BrN3O/c1-8(14-15-11(13)16)6-7-9-4-2-3-5-10(9)12/h2-5H,6-7H2,1H3,(H3,13,15,16)/b14-8-. The minimum absolute atomic E-state index is 0.639. The summed E-state index contributed by atoms with van der Waals surface area (Å²) in [4.78, 5) is 10.4. The van der Waals surface area contributed by atoms with E-state index in [9.17, 15) is 4.79 Å². The van der Waals surface area contributed by atoms with Gasteiger partial charge in [0, 0.05) is 10.2 Å². The van der Waals surface area contributed by atoms with Crippen molar-refractivity contribution in [2.75, 3.05) is 0 Å². The molecule has 0 aromatic heterocycles. The number of urea groups is 1. The monoisotopic (exact) mass is 283 g/mol. The van der Waals surface area contributed by atoms with Gasteiger partial charge in [0.05, 0.1) is 0 Å². The van der Waals surface area contributed by atoms with Gasteiger partial charge < -0.3 is 5.73 Å². The molecule has 0 unspecified atom stereocenters. The van der Waals surface area contributed by atoms with E-state index >= 15 is 0 Å². The average Bonchev–Trinajstić information content (AvgIpc) is 2.25. The number of hydrogen-bond donors (Lipinski definition) is 2. The number of nitrogens with zero attached hydrogens (tertiary/aromatic N) is 1. The van der Waals surface area contributed by atoms with Gasteiger partial charge in [-0.05, 0) is 31.4 Å². The van der Waals surface area contributed by atoms with Crippen LogP contribution < -0.4 is 11.2 Å².